The minimum absolute atomic E-state index is 0.00585. The average molecular weight is 370 g/mol. The third kappa shape index (κ3) is 3.01. The lowest BCUT2D eigenvalue weighted by molar-refractivity contribution is 0.0729. The van der Waals surface area contributed by atoms with Gasteiger partial charge < -0.3 is 10.2 Å². The number of halogens is 1. The molecule has 3 aromatic rings. The van der Waals surface area contributed by atoms with E-state index >= 15 is 0 Å². The lowest BCUT2D eigenvalue weighted by Crippen LogP contribution is -2.32. The summed E-state index contributed by atoms with van der Waals surface area (Å²) in [5.41, 5.74) is 3.37. The van der Waals surface area contributed by atoms with Gasteiger partial charge in [0.1, 0.15) is 6.17 Å². The summed E-state index contributed by atoms with van der Waals surface area (Å²) in [6.07, 6.45) is 1.41. The van der Waals surface area contributed by atoms with Gasteiger partial charge in [-0.05, 0) is 48.2 Å². The summed E-state index contributed by atoms with van der Waals surface area (Å²) in [5.74, 6) is -0.00585. The van der Waals surface area contributed by atoms with Crippen molar-refractivity contribution in [3.8, 4) is 0 Å². The van der Waals surface area contributed by atoms with E-state index in [-0.39, 0.29) is 12.1 Å². The molecule has 6 heteroatoms. The van der Waals surface area contributed by atoms with Gasteiger partial charge in [-0.2, -0.15) is 0 Å². The molecule has 0 saturated heterocycles. The molecule has 1 aliphatic rings. The summed E-state index contributed by atoms with van der Waals surface area (Å²) in [4.78, 5) is 20.3. The Hall–Kier alpha value is -2.37. The van der Waals surface area contributed by atoms with Gasteiger partial charge in [0.15, 0.2) is 0 Å². The normalized spacial score (nSPS) is 16.2. The van der Waals surface area contributed by atoms with Crippen LogP contribution >= 0.6 is 22.9 Å². The summed E-state index contributed by atoms with van der Waals surface area (Å²) in [5, 5.41) is 6.14. The Morgan fingerprint density at radius 1 is 1.28 bits per heavy atom. The zero-order valence-electron chi connectivity index (χ0n) is 13.6. The van der Waals surface area contributed by atoms with Gasteiger partial charge in [0.2, 0.25) is 0 Å². The molecule has 4 nitrogen and oxygen atoms in total. The molecular weight excluding hydrogens is 354 g/mol. The van der Waals surface area contributed by atoms with Crippen LogP contribution in [0.3, 0.4) is 0 Å². The number of benzene rings is 1. The van der Waals surface area contributed by atoms with Gasteiger partial charge in [-0.1, -0.05) is 23.7 Å². The van der Waals surface area contributed by atoms with E-state index in [4.69, 9.17) is 11.6 Å². The molecule has 0 saturated carbocycles. The van der Waals surface area contributed by atoms with E-state index in [0.29, 0.717) is 17.1 Å². The topological polar surface area (TPSA) is 45.2 Å². The standard InChI is InChI=1S/C19H16ClN3OS/c1-12-6-7-13(20)10-16(12)22-18-17-15(5-2-8-21-17)19(24)23(18)11-14-4-3-9-25-14/h2-10,18,22H,11H2,1H3. The number of carbonyl (C=O) groups is 1. The Balaban J connectivity index is 1.72. The summed E-state index contributed by atoms with van der Waals surface area (Å²) in [6, 6.07) is 13.4. The van der Waals surface area contributed by atoms with Crippen LogP contribution < -0.4 is 5.32 Å². The predicted octanol–water partition coefficient (Wildman–Crippen LogP) is 4.87. The molecule has 0 spiro atoms. The molecule has 3 heterocycles. The first-order chi connectivity index (χ1) is 12.1. The summed E-state index contributed by atoms with van der Waals surface area (Å²) in [6.45, 7) is 2.56. The second-order valence-electron chi connectivity index (χ2n) is 5.95. The molecule has 2 aromatic heterocycles. The Kier molecular flexibility index (Phi) is 4.19. The molecule has 126 valence electrons. The SMILES string of the molecule is Cc1ccc(Cl)cc1NC1c2ncccc2C(=O)N1Cc1cccs1. The molecular formula is C19H16ClN3OS. The van der Waals surface area contributed by atoms with Crippen molar-refractivity contribution in [3.05, 3.63) is 80.8 Å². The monoisotopic (exact) mass is 369 g/mol. The molecule has 1 aliphatic heterocycles. The first kappa shape index (κ1) is 16.1. The number of carbonyl (C=O) groups excluding carboxylic acids is 1. The number of nitrogens with one attached hydrogen (secondary N) is 1. The van der Waals surface area contributed by atoms with Crippen LogP contribution in [0, 0.1) is 6.92 Å². The van der Waals surface area contributed by atoms with E-state index < -0.39 is 0 Å². The van der Waals surface area contributed by atoms with E-state index in [1.165, 1.54) is 0 Å². The maximum Gasteiger partial charge on any atom is 0.258 e. The second kappa shape index (κ2) is 6.50. The van der Waals surface area contributed by atoms with Crippen molar-refractivity contribution in [2.24, 2.45) is 0 Å². The van der Waals surface area contributed by atoms with Gasteiger partial charge in [-0.25, -0.2) is 0 Å². The Morgan fingerprint density at radius 2 is 2.16 bits per heavy atom. The molecule has 25 heavy (non-hydrogen) atoms. The quantitative estimate of drug-likeness (QED) is 0.713. The van der Waals surface area contributed by atoms with Crippen molar-refractivity contribution >= 4 is 34.5 Å². The van der Waals surface area contributed by atoms with Crippen molar-refractivity contribution in [3.63, 3.8) is 0 Å². The minimum atomic E-state index is -0.317. The van der Waals surface area contributed by atoms with Crippen LogP contribution in [0.15, 0.2) is 54.0 Å². The number of pyridine rings is 1. The molecule has 0 fully saturated rings. The third-order valence-corrected chi connectivity index (χ3v) is 5.39. The van der Waals surface area contributed by atoms with Crippen LogP contribution in [0.5, 0.6) is 0 Å². The highest BCUT2D eigenvalue weighted by Crippen LogP contribution is 2.35. The van der Waals surface area contributed by atoms with Gasteiger partial charge >= 0.3 is 0 Å². The van der Waals surface area contributed by atoms with Crippen LogP contribution in [-0.4, -0.2) is 15.8 Å². The van der Waals surface area contributed by atoms with Crippen molar-refractivity contribution in [1.29, 1.82) is 0 Å². The Labute approximate surface area is 155 Å². The molecule has 0 aliphatic carbocycles. The summed E-state index contributed by atoms with van der Waals surface area (Å²) >= 11 is 7.79. The van der Waals surface area contributed by atoms with E-state index in [9.17, 15) is 4.79 Å². The van der Waals surface area contributed by atoms with Crippen LogP contribution in [-0.2, 0) is 6.54 Å². The maximum absolute atomic E-state index is 12.9. The highest BCUT2D eigenvalue weighted by molar-refractivity contribution is 7.09. The lowest BCUT2D eigenvalue weighted by Gasteiger charge is -2.26. The summed E-state index contributed by atoms with van der Waals surface area (Å²) in [7, 11) is 0. The van der Waals surface area contributed by atoms with Gasteiger partial charge in [-0.3, -0.25) is 9.78 Å². The number of fused-ring (bicyclic) bond motifs is 1. The fraction of sp³-hybridized carbons (Fsp3) is 0.158. The van der Waals surface area contributed by atoms with Crippen LogP contribution in [0.2, 0.25) is 5.02 Å². The molecule has 0 radical (unpaired) electrons. The van der Waals surface area contributed by atoms with Gasteiger partial charge in [0, 0.05) is 21.8 Å². The zero-order chi connectivity index (χ0) is 17.4. The van der Waals surface area contributed by atoms with Crippen LogP contribution in [0.25, 0.3) is 0 Å². The number of aryl methyl sites for hydroxylation is 1. The number of aromatic nitrogens is 1. The van der Waals surface area contributed by atoms with Gasteiger partial charge in [0.25, 0.3) is 5.91 Å². The van der Waals surface area contributed by atoms with E-state index in [2.05, 4.69) is 10.3 Å². The number of anilines is 1. The van der Waals surface area contributed by atoms with Crippen LogP contribution in [0.1, 0.15) is 32.7 Å². The zero-order valence-corrected chi connectivity index (χ0v) is 15.1. The number of hydrogen-bond donors (Lipinski definition) is 1. The predicted molar refractivity (Wildman–Crippen MR) is 101 cm³/mol. The van der Waals surface area contributed by atoms with Crippen molar-refractivity contribution < 1.29 is 4.79 Å². The Morgan fingerprint density at radius 3 is 2.96 bits per heavy atom. The van der Waals surface area contributed by atoms with Gasteiger partial charge in [-0.15, -0.1) is 11.3 Å². The first-order valence-corrected chi connectivity index (χ1v) is 9.20. The Bertz CT molecular complexity index is 926. The van der Waals surface area contributed by atoms with E-state index in [1.54, 1.807) is 23.6 Å². The van der Waals surface area contributed by atoms with E-state index in [0.717, 1.165) is 21.8 Å². The summed E-state index contributed by atoms with van der Waals surface area (Å²) < 4.78 is 0. The molecule has 4 rings (SSSR count). The number of rotatable bonds is 4. The number of hydrogen-bond acceptors (Lipinski definition) is 4. The molecule has 1 amide bonds. The third-order valence-electron chi connectivity index (χ3n) is 4.30. The van der Waals surface area contributed by atoms with Gasteiger partial charge in [0.05, 0.1) is 17.8 Å². The largest absolute Gasteiger partial charge is 0.360 e. The minimum Gasteiger partial charge on any atom is -0.360 e. The number of thiophene rings is 1. The molecule has 1 atom stereocenters. The van der Waals surface area contributed by atoms with Crippen molar-refractivity contribution in [2.75, 3.05) is 5.32 Å². The first-order valence-electron chi connectivity index (χ1n) is 7.94. The average Bonchev–Trinajstić information content (AvgIpc) is 3.21. The molecule has 1 N–H and O–H groups in total. The van der Waals surface area contributed by atoms with Crippen molar-refractivity contribution in [1.82, 2.24) is 9.88 Å². The second-order valence-corrected chi connectivity index (χ2v) is 7.42. The fourth-order valence-corrected chi connectivity index (χ4v) is 3.89. The molecule has 1 unspecified atom stereocenters. The number of nitrogens with zero attached hydrogens (tertiary/aromatic N) is 2. The van der Waals surface area contributed by atoms with E-state index in [1.807, 2.05) is 53.6 Å². The van der Waals surface area contributed by atoms with Crippen molar-refractivity contribution in [2.45, 2.75) is 19.6 Å². The number of amides is 1. The highest BCUT2D eigenvalue weighted by atomic mass is 35.5. The smallest absolute Gasteiger partial charge is 0.258 e. The highest BCUT2D eigenvalue weighted by Gasteiger charge is 2.38. The lowest BCUT2D eigenvalue weighted by atomic mass is 10.1. The molecule has 0 bridgehead atoms. The molecule has 1 aromatic carbocycles. The fourth-order valence-electron chi connectivity index (χ4n) is 3.01. The van der Waals surface area contributed by atoms with Crippen LogP contribution in [0.4, 0.5) is 5.69 Å². The maximum atomic E-state index is 12.9.